The molecule has 0 unspecified atom stereocenters. The maximum absolute atomic E-state index is 6.01. The molecular weight excluding hydrogens is 218 g/mol. The largest absolute Gasteiger partial charge is 0.368 e. The van der Waals surface area contributed by atoms with Crippen molar-refractivity contribution < 1.29 is 0 Å². The van der Waals surface area contributed by atoms with E-state index < -0.39 is 0 Å². The molecular formula is C14H20ClN. The van der Waals surface area contributed by atoms with Crippen molar-refractivity contribution in [1.82, 2.24) is 0 Å². The van der Waals surface area contributed by atoms with Crippen molar-refractivity contribution in [3.8, 4) is 0 Å². The van der Waals surface area contributed by atoms with E-state index >= 15 is 0 Å². The number of unbranched alkanes of at least 4 members (excludes halogenated alkanes) is 1. The molecule has 1 saturated carbocycles. The summed E-state index contributed by atoms with van der Waals surface area (Å²) in [4.78, 5) is 2.56. The van der Waals surface area contributed by atoms with Gasteiger partial charge in [0.15, 0.2) is 0 Å². The lowest BCUT2D eigenvalue weighted by Gasteiger charge is -2.26. The first-order valence-corrected chi connectivity index (χ1v) is 6.80. The average Bonchev–Trinajstić information content (AvgIpc) is 3.14. The molecule has 2 heteroatoms. The Morgan fingerprint density at radius 2 is 2.06 bits per heavy atom. The smallest absolute Gasteiger partial charge is 0.0494 e. The van der Waals surface area contributed by atoms with Crippen LogP contribution >= 0.6 is 11.6 Å². The zero-order valence-corrected chi connectivity index (χ0v) is 10.7. The topological polar surface area (TPSA) is 3.24 Å². The number of anilines is 1. The Morgan fingerprint density at radius 3 is 2.69 bits per heavy atom. The van der Waals surface area contributed by atoms with Crippen molar-refractivity contribution >= 4 is 17.3 Å². The van der Waals surface area contributed by atoms with Crippen molar-refractivity contribution in [3.63, 3.8) is 0 Å². The second kappa shape index (κ2) is 5.58. The van der Waals surface area contributed by atoms with Crippen LogP contribution < -0.4 is 4.90 Å². The minimum atomic E-state index is 0.617. The molecule has 0 atom stereocenters. The highest BCUT2D eigenvalue weighted by molar-refractivity contribution is 6.17. The van der Waals surface area contributed by atoms with Gasteiger partial charge in [-0.05, 0) is 30.9 Å². The average molecular weight is 238 g/mol. The van der Waals surface area contributed by atoms with E-state index in [1.165, 1.54) is 43.5 Å². The van der Waals surface area contributed by atoms with Gasteiger partial charge in [0, 0.05) is 24.2 Å². The molecule has 0 radical (unpaired) electrons. The maximum Gasteiger partial charge on any atom is 0.0494 e. The highest BCUT2D eigenvalue weighted by Gasteiger charge is 2.29. The minimum absolute atomic E-state index is 0.617. The quantitative estimate of drug-likeness (QED) is 0.671. The zero-order chi connectivity index (χ0) is 11.4. The van der Waals surface area contributed by atoms with E-state index in [1.54, 1.807) is 0 Å². The van der Waals surface area contributed by atoms with Crippen molar-refractivity contribution in [3.05, 3.63) is 29.8 Å². The molecule has 1 aromatic rings. The summed E-state index contributed by atoms with van der Waals surface area (Å²) in [6.07, 6.45) is 5.22. The molecule has 16 heavy (non-hydrogen) atoms. The van der Waals surface area contributed by atoms with Gasteiger partial charge in [-0.1, -0.05) is 31.5 Å². The second-order valence-electron chi connectivity index (χ2n) is 4.54. The van der Waals surface area contributed by atoms with Crippen molar-refractivity contribution in [2.24, 2.45) is 0 Å². The summed E-state index contributed by atoms with van der Waals surface area (Å²) in [5, 5.41) is 0. The summed E-state index contributed by atoms with van der Waals surface area (Å²) in [7, 11) is 0. The summed E-state index contributed by atoms with van der Waals surface area (Å²) < 4.78 is 0. The molecule has 0 aliphatic heterocycles. The molecule has 88 valence electrons. The number of hydrogen-bond donors (Lipinski definition) is 0. The Balaban J connectivity index is 2.16. The Kier molecular flexibility index (Phi) is 4.11. The third kappa shape index (κ3) is 2.70. The molecule has 1 aliphatic rings. The fourth-order valence-electron chi connectivity index (χ4n) is 2.12. The first kappa shape index (κ1) is 11.8. The lowest BCUT2D eigenvalue weighted by Crippen LogP contribution is -2.27. The van der Waals surface area contributed by atoms with E-state index in [0.717, 1.165) is 6.04 Å². The van der Waals surface area contributed by atoms with E-state index in [1.807, 2.05) is 0 Å². The summed E-state index contributed by atoms with van der Waals surface area (Å²) in [5.41, 5.74) is 2.63. The third-order valence-corrected chi connectivity index (χ3v) is 3.47. The van der Waals surface area contributed by atoms with Gasteiger partial charge in [-0.25, -0.2) is 0 Å². The van der Waals surface area contributed by atoms with Crippen LogP contribution in [-0.4, -0.2) is 12.6 Å². The number of nitrogens with zero attached hydrogens (tertiary/aromatic N) is 1. The lowest BCUT2D eigenvalue weighted by molar-refractivity contribution is 0.711. The first-order valence-electron chi connectivity index (χ1n) is 6.27. The van der Waals surface area contributed by atoms with Gasteiger partial charge in [0.2, 0.25) is 0 Å². The fourth-order valence-corrected chi connectivity index (χ4v) is 2.34. The molecule has 0 heterocycles. The zero-order valence-electron chi connectivity index (χ0n) is 9.95. The molecule has 0 bridgehead atoms. The highest BCUT2D eigenvalue weighted by Crippen LogP contribution is 2.34. The van der Waals surface area contributed by atoms with Crippen LogP contribution in [-0.2, 0) is 5.88 Å². The second-order valence-corrected chi connectivity index (χ2v) is 4.81. The number of alkyl halides is 1. The molecule has 0 amide bonds. The number of rotatable bonds is 6. The molecule has 0 N–H and O–H groups in total. The van der Waals surface area contributed by atoms with E-state index in [9.17, 15) is 0 Å². The van der Waals surface area contributed by atoms with Gasteiger partial charge in [-0.15, -0.1) is 11.6 Å². The van der Waals surface area contributed by atoms with Crippen LogP contribution in [0.4, 0.5) is 5.69 Å². The van der Waals surface area contributed by atoms with Crippen LogP contribution in [0.25, 0.3) is 0 Å². The minimum Gasteiger partial charge on any atom is -0.368 e. The summed E-state index contributed by atoms with van der Waals surface area (Å²) in [6.45, 7) is 3.42. The molecule has 1 nitrogen and oxygen atoms in total. The Labute approximate surface area is 103 Å². The van der Waals surface area contributed by atoms with Crippen molar-refractivity contribution in [2.75, 3.05) is 11.4 Å². The standard InChI is InChI=1S/C14H20ClN/c1-2-3-10-16(13-8-9-13)14-7-5-4-6-12(14)11-15/h4-7,13H,2-3,8-11H2,1H3. The number of hydrogen-bond acceptors (Lipinski definition) is 1. The SMILES string of the molecule is CCCCN(c1ccccc1CCl)C1CC1. The predicted molar refractivity (Wildman–Crippen MR) is 71.3 cm³/mol. The van der Waals surface area contributed by atoms with Crippen LogP contribution in [0.3, 0.4) is 0 Å². The Morgan fingerprint density at radius 1 is 1.31 bits per heavy atom. The lowest BCUT2D eigenvalue weighted by atomic mass is 10.1. The molecule has 1 aromatic carbocycles. The maximum atomic E-state index is 6.01. The van der Waals surface area contributed by atoms with Crippen LogP contribution in [0.1, 0.15) is 38.2 Å². The Bertz CT molecular complexity index is 333. The third-order valence-electron chi connectivity index (χ3n) is 3.19. The van der Waals surface area contributed by atoms with Gasteiger partial charge in [-0.3, -0.25) is 0 Å². The van der Waals surface area contributed by atoms with Gasteiger partial charge in [-0.2, -0.15) is 0 Å². The highest BCUT2D eigenvalue weighted by atomic mass is 35.5. The van der Waals surface area contributed by atoms with E-state index in [0.29, 0.717) is 5.88 Å². The number of para-hydroxylation sites is 1. The fraction of sp³-hybridized carbons (Fsp3) is 0.571. The van der Waals surface area contributed by atoms with Crippen LogP contribution in [0.2, 0.25) is 0 Å². The summed E-state index contributed by atoms with van der Waals surface area (Å²) in [5.74, 6) is 0.617. The molecule has 1 aliphatic carbocycles. The van der Waals surface area contributed by atoms with Gasteiger partial charge in [0.25, 0.3) is 0 Å². The number of halogens is 1. The molecule has 0 saturated heterocycles. The summed E-state index contributed by atoms with van der Waals surface area (Å²) in [6, 6.07) is 9.32. The molecule has 0 aromatic heterocycles. The van der Waals surface area contributed by atoms with Gasteiger partial charge in [0.1, 0.15) is 0 Å². The van der Waals surface area contributed by atoms with E-state index in [2.05, 4.69) is 36.1 Å². The van der Waals surface area contributed by atoms with Crippen LogP contribution in [0, 0.1) is 0 Å². The van der Waals surface area contributed by atoms with Gasteiger partial charge in [0.05, 0.1) is 0 Å². The van der Waals surface area contributed by atoms with Crippen LogP contribution in [0.15, 0.2) is 24.3 Å². The molecule has 0 spiro atoms. The molecule has 2 rings (SSSR count). The van der Waals surface area contributed by atoms with E-state index in [4.69, 9.17) is 11.6 Å². The van der Waals surface area contributed by atoms with Gasteiger partial charge < -0.3 is 4.90 Å². The Hall–Kier alpha value is -0.690. The van der Waals surface area contributed by atoms with Crippen molar-refractivity contribution in [1.29, 1.82) is 0 Å². The molecule has 1 fully saturated rings. The van der Waals surface area contributed by atoms with E-state index in [-0.39, 0.29) is 0 Å². The number of benzene rings is 1. The normalized spacial score (nSPS) is 15.1. The predicted octanol–water partition coefficient (Wildman–Crippen LogP) is 4.19. The van der Waals surface area contributed by atoms with Crippen molar-refractivity contribution in [2.45, 2.75) is 44.5 Å². The monoisotopic (exact) mass is 237 g/mol. The first-order chi connectivity index (χ1) is 7.86. The summed E-state index contributed by atoms with van der Waals surface area (Å²) >= 11 is 6.01. The van der Waals surface area contributed by atoms with Crippen LogP contribution in [0.5, 0.6) is 0 Å². The van der Waals surface area contributed by atoms with Gasteiger partial charge >= 0.3 is 0 Å².